The molecular formula is C15H20O2. The van der Waals surface area contributed by atoms with Gasteiger partial charge in [-0.05, 0) is 30.5 Å². The van der Waals surface area contributed by atoms with Gasteiger partial charge in [-0.2, -0.15) is 0 Å². The van der Waals surface area contributed by atoms with Gasteiger partial charge in [0.2, 0.25) is 0 Å². The van der Waals surface area contributed by atoms with Gasteiger partial charge in [-0.3, -0.25) is 0 Å². The normalized spacial score (nSPS) is 16.0. The van der Waals surface area contributed by atoms with Gasteiger partial charge in [-0.15, -0.1) is 0 Å². The van der Waals surface area contributed by atoms with Crippen LogP contribution < -0.4 is 4.74 Å². The van der Waals surface area contributed by atoms with Gasteiger partial charge in [0.15, 0.2) is 0 Å². The second-order valence-electron chi connectivity index (χ2n) is 4.40. The highest BCUT2D eigenvalue weighted by atomic mass is 16.5. The van der Waals surface area contributed by atoms with E-state index in [2.05, 4.69) is 6.58 Å². The van der Waals surface area contributed by atoms with Crippen molar-refractivity contribution in [1.29, 1.82) is 0 Å². The van der Waals surface area contributed by atoms with Gasteiger partial charge in [0.25, 0.3) is 0 Å². The molecule has 0 radical (unpaired) electrons. The first-order chi connectivity index (χ1) is 8.38. The maximum Gasteiger partial charge on any atom is 0.120 e. The van der Waals surface area contributed by atoms with E-state index in [0.717, 1.165) is 11.3 Å². The molecule has 1 aromatic carbocycles. The zero-order valence-electron chi connectivity index (χ0n) is 10.2. The van der Waals surface area contributed by atoms with Crippen LogP contribution in [0.15, 0.2) is 30.8 Å². The van der Waals surface area contributed by atoms with Crippen molar-refractivity contribution >= 4 is 6.08 Å². The Morgan fingerprint density at radius 2 is 2.06 bits per heavy atom. The van der Waals surface area contributed by atoms with E-state index in [1.165, 1.54) is 25.7 Å². The molecule has 0 aromatic heterocycles. The molecule has 0 N–H and O–H groups in total. The lowest BCUT2D eigenvalue weighted by Gasteiger charge is -2.12. The third-order valence-corrected chi connectivity index (χ3v) is 3.10. The minimum absolute atomic E-state index is 0.470. The van der Waals surface area contributed by atoms with Gasteiger partial charge in [-0.1, -0.05) is 37.6 Å². The van der Waals surface area contributed by atoms with Gasteiger partial charge in [0, 0.05) is 0 Å². The van der Waals surface area contributed by atoms with E-state index in [1.54, 1.807) is 0 Å². The van der Waals surface area contributed by atoms with Crippen LogP contribution in [0.25, 0.3) is 6.08 Å². The highest BCUT2D eigenvalue weighted by molar-refractivity contribution is 5.49. The summed E-state index contributed by atoms with van der Waals surface area (Å²) >= 11 is 0. The first-order valence-corrected chi connectivity index (χ1v) is 6.35. The number of ether oxygens (including phenoxy) is 2. The lowest BCUT2D eigenvalue weighted by molar-refractivity contribution is 0.0382. The molecule has 0 saturated heterocycles. The predicted molar refractivity (Wildman–Crippen MR) is 70.2 cm³/mol. The molecule has 2 heteroatoms. The minimum Gasteiger partial charge on any atom is -0.491 e. The molecule has 0 bridgehead atoms. The van der Waals surface area contributed by atoms with Crippen molar-refractivity contribution in [3.8, 4) is 5.75 Å². The fourth-order valence-electron chi connectivity index (χ4n) is 2.16. The van der Waals surface area contributed by atoms with E-state index in [4.69, 9.17) is 9.47 Å². The molecule has 1 aromatic rings. The number of benzene rings is 1. The molecule has 2 rings (SSSR count). The molecule has 1 saturated carbocycles. The molecule has 1 aliphatic carbocycles. The summed E-state index contributed by atoms with van der Waals surface area (Å²) in [6.07, 6.45) is 7.35. The fraction of sp³-hybridized carbons (Fsp3) is 0.467. The molecule has 0 heterocycles. The van der Waals surface area contributed by atoms with Crippen molar-refractivity contribution in [1.82, 2.24) is 0 Å². The summed E-state index contributed by atoms with van der Waals surface area (Å²) in [5.41, 5.74) is 1.08. The van der Waals surface area contributed by atoms with Crippen LogP contribution in [0.2, 0.25) is 0 Å². The van der Waals surface area contributed by atoms with E-state index in [1.807, 2.05) is 30.3 Å². The zero-order valence-corrected chi connectivity index (χ0v) is 10.2. The SMILES string of the molecule is C=Cc1cccc(OCCOC2CCCC2)c1. The summed E-state index contributed by atoms with van der Waals surface area (Å²) in [4.78, 5) is 0. The Labute approximate surface area is 103 Å². The quantitative estimate of drug-likeness (QED) is 0.697. The molecule has 92 valence electrons. The molecular weight excluding hydrogens is 212 g/mol. The summed E-state index contributed by atoms with van der Waals surface area (Å²) in [5.74, 6) is 0.887. The van der Waals surface area contributed by atoms with Crippen molar-refractivity contribution in [2.24, 2.45) is 0 Å². The van der Waals surface area contributed by atoms with Crippen LogP contribution in [-0.2, 0) is 4.74 Å². The van der Waals surface area contributed by atoms with Crippen molar-refractivity contribution in [2.75, 3.05) is 13.2 Å². The first kappa shape index (κ1) is 12.2. The highest BCUT2D eigenvalue weighted by Gasteiger charge is 2.14. The van der Waals surface area contributed by atoms with Crippen LogP contribution in [0.4, 0.5) is 0 Å². The van der Waals surface area contributed by atoms with E-state index >= 15 is 0 Å². The molecule has 0 unspecified atom stereocenters. The van der Waals surface area contributed by atoms with Crippen molar-refractivity contribution in [3.63, 3.8) is 0 Å². The Bertz CT molecular complexity index is 354. The predicted octanol–water partition coefficient (Wildman–Crippen LogP) is 3.67. The lowest BCUT2D eigenvalue weighted by Crippen LogP contribution is -2.13. The van der Waals surface area contributed by atoms with Gasteiger partial charge in [0.1, 0.15) is 12.4 Å². The molecule has 0 aliphatic heterocycles. The first-order valence-electron chi connectivity index (χ1n) is 6.35. The van der Waals surface area contributed by atoms with Crippen LogP contribution in [0, 0.1) is 0 Å². The maximum atomic E-state index is 5.74. The number of rotatable bonds is 6. The van der Waals surface area contributed by atoms with Crippen LogP contribution in [-0.4, -0.2) is 19.3 Å². The largest absolute Gasteiger partial charge is 0.491 e. The second kappa shape index (κ2) is 6.45. The minimum atomic E-state index is 0.470. The third-order valence-electron chi connectivity index (χ3n) is 3.10. The van der Waals surface area contributed by atoms with Crippen molar-refractivity contribution < 1.29 is 9.47 Å². The number of hydrogen-bond donors (Lipinski definition) is 0. The summed E-state index contributed by atoms with van der Waals surface area (Å²) in [5, 5.41) is 0. The number of hydrogen-bond acceptors (Lipinski definition) is 2. The van der Waals surface area contributed by atoms with E-state index < -0.39 is 0 Å². The summed E-state index contributed by atoms with van der Waals surface area (Å²) in [6.45, 7) is 5.05. The summed E-state index contributed by atoms with van der Waals surface area (Å²) in [7, 11) is 0. The van der Waals surface area contributed by atoms with Gasteiger partial charge in [0.05, 0.1) is 12.7 Å². The summed E-state index contributed by atoms with van der Waals surface area (Å²) < 4.78 is 11.4. The Morgan fingerprint density at radius 1 is 1.24 bits per heavy atom. The molecule has 0 atom stereocenters. The van der Waals surface area contributed by atoms with Crippen LogP contribution in [0.5, 0.6) is 5.75 Å². The molecule has 17 heavy (non-hydrogen) atoms. The van der Waals surface area contributed by atoms with E-state index in [-0.39, 0.29) is 0 Å². The second-order valence-corrected chi connectivity index (χ2v) is 4.40. The third kappa shape index (κ3) is 3.90. The van der Waals surface area contributed by atoms with Crippen molar-refractivity contribution in [3.05, 3.63) is 36.4 Å². The monoisotopic (exact) mass is 232 g/mol. The molecule has 0 spiro atoms. The van der Waals surface area contributed by atoms with Gasteiger partial charge in [-0.25, -0.2) is 0 Å². The Balaban J connectivity index is 1.68. The standard InChI is InChI=1S/C15H20O2/c1-2-13-6-5-9-15(12-13)17-11-10-16-14-7-3-4-8-14/h2,5-6,9,12,14H,1,3-4,7-8,10-11H2. The lowest BCUT2D eigenvalue weighted by atomic mass is 10.2. The zero-order chi connectivity index (χ0) is 11.9. The van der Waals surface area contributed by atoms with Crippen molar-refractivity contribution in [2.45, 2.75) is 31.8 Å². The average Bonchev–Trinajstić information content (AvgIpc) is 2.88. The van der Waals surface area contributed by atoms with Gasteiger partial charge < -0.3 is 9.47 Å². The Morgan fingerprint density at radius 3 is 2.82 bits per heavy atom. The average molecular weight is 232 g/mol. The highest BCUT2D eigenvalue weighted by Crippen LogP contribution is 2.20. The molecule has 0 amide bonds. The molecule has 2 nitrogen and oxygen atoms in total. The molecule has 1 aliphatic rings. The van der Waals surface area contributed by atoms with E-state index in [0.29, 0.717) is 19.3 Å². The van der Waals surface area contributed by atoms with Crippen LogP contribution in [0.3, 0.4) is 0 Å². The van der Waals surface area contributed by atoms with Gasteiger partial charge >= 0.3 is 0 Å². The maximum absolute atomic E-state index is 5.74. The van der Waals surface area contributed by atoms with Crippen LogP contribution in [0.1, 0.15) is 31.2 Å². The Kier molecular flexibility index (Phi) is 4.63. The smallest absolute Gasteiger partial charge is 0.120 e. The topological polar surface area (TPSA) is 18.5 Å². The van der Waals surface area contributed by atoms with E-state index in [9.17, 15) is 0 Å². The molecule has 1 fully saturated rings. The Hall–Kier alpha value is -1.28. The summed E-state index contributed by atoms with van der Waals surface area (Å²) in [6, 6.07) is 7.93. The fourth-order valence-corrected chi connectivity index (χ4v) is 2.16. The van der Waals surface area contributed by atoms with Crippen LogP contribution >= 0.6 is 0 Å².